The second kappa shape index (κ2) is 6.42. The van der Waals surface area contributed by atoms with E-state index in [1.165, 1.54) is 11.3 Å². The molecule has 7 heteroatoms. The van der Waals surface area contributed by atoms with Crippen molar-refractivity contribution in [3.8, 4) is 0 Å². The summed E-state index contributed by atoms with van der Waals surface area (Å²) in [6.45, 7) is 5.63. The molecular weight excluding hydrogens is 266 g/mol. The summed E-state index contributed by atoms with van der Waals surface area (Å²) in [5.41, 5.74) is 5.96. The first kappa shape index (κ1) is 14.4. The van der Waals surface area contributed by atoms with Crippen LogP contribution in [0.15, 0.2) is 5.38 Å². The molecule has 2 atom stereocenters. The van der Waals surface area contributed by atoms with Crippen molar-refractivity contribution < 1.29 is 14.6 Å². The summed E-state index contributed by atoms with van der Waals surface area (Å²) in [6, 6.07) is -1.06. The van der Waals surface area contributed by atoms with Crippen molar-refractivity contribution in [3.63, 3.8) is 0 Å². The predicted molar refractivity (Wildman–Crippen MR) is 72.1 cm³/mol. The molecule has 1 fully saturated rings. The monoisotopic (exact) mass is 285 g/mol. The highest BCUT2D eigenvalue weighted by atomic mass is 32.1. The van der Waals surface area contributed by atoms with E-state index in [1.807, 2.05) is 0 Å². The van der Waals surface area contributed by atoms with Crippen LogP contribution in [0.1, 0.15) is 36.2 Å². The molecule has 0 aromatic carbocycles. The minimum Gasteiger partial charge on any atom is -0.480 e. The molecule has 1 aromatic heterocycles. The fourth-order valence-corrected chi connectivity index (χ4v) is 2.98. The van der Waals surface area contributed by atoms with Gasteiger partial charge in [0.2, 0.25) is 0 Å². The number of carbonyl (C=O) groups is 1. The lowest BCUT2D eigenvalue weighted by Crippen LogP contribution is -2.38. The molecule has 2 unspecified atom stereocenters. The summed E-state index contributed by atoms with van der Waals surface area (Å²) in [4.78, 5) is 17.5. The Bertz CT molecular complexity index is 436. The maximum atomic E-state index is 10.8. The summed E-state index contributed by atoms with van der Waals surface area (Å²) < 4.78 is 5.71. The van der Waals surface area contributed by atoms with Crippen LogP contribution in [0.4, 0.5) is 0 Å². The minimum atomic E-state index is -1.06. The Morgan fingerprint density at radius 1 is 1.79 bits per heavy atom. The van der Waals surface area contributed by atoms with Gasteiger partial charge in [-0.15, -0.1) is 11.3 Å². The molecule has 1 aliphatic heterocycles. The number of aliphatic carboxylic acids is 1. The summed E-state index contributed by atoms with van der Waals surface area (Å²) in [7, 11) is 0. The summed E-state index contributed by atoms with van der Waals surface area (Å²) in [6.07, 6.45) is 1.04. The van der Waals surface area contributed by atoms with Gasteiger partial charge in [0, 0.05) is 18.5 Å². The molecule has 0 bridgehead atoms. The van der Waals surface area contributed by atoms with Crippen molar-refractivity contribution in [2.24, 2.45) is 5.73 Å². The number of morpholine rings is 1. The van der Waals surface area contributed by atoms with E-state index in [2.05, 4.69) is 16.8 Å². The highest BCUT2D eigenvalue weighted by Crippen LogP contribution is 2.27. The average Bonchev–Trinajstić information content (AvgIpc) is 2.88. The molecule has 19 heavy (non-hydrogen) atoms. The van der Waals surface area contributed by atoms with E-state index in [-0.39, 0.29) is 6.10 Å². The van der Waals surface area contributed by atoms with E-state index >= 15 is 0 Å². The Balaban J connectivity index is 2.03. The van der Waals surface area contributed by atoms with Gasteiger partial charge < -0.3 is 15.6 Å². The fraction of sp³-hybridized carbons (Fsp3) is 0.667. The molecule has 2 rings (SSSR count). The lowest BCUT2D eigenvalue weighted by Gasteiger charge is -2.31. The van der Waals surface area contributed by atoms with Gasteiger partial charge >= 0.3 is 5.97 Å². The molecule has 1 aliphatic rings. The molecule has 1 saturated heterocycles. The third kappa shape index (κ3) is 3.50. The topological polar surface area (TPSA) is 88.7 Å². The molecule has 2 heterocycles. The second-order valence-electron chi connectivity index (χ2n) is 4.59. The third-order valence-corrected chi connectivity index (χ3v) is 4.05. The van der Waals surface area contributed by atoms with E-state index in [4.69, 9.17) is 15.6 Å². The predicted octanol–water partition coefficient (Wildman–Crippen LogP) is 1.01. The summed E-state index contributed by atoms with van der Waals surface area (Å²) in [5, 5.41) is 11.4. The average molecular weight is 285 g/mol. The molecule has 106 valence electrons. The van der Waals surface area contributed by atoms with Gasteiger partial charge in [0.25, 0.3) is 0 Å². The van der Waals surface area contributed by atoms with E-state index in [9.17, 15) is 4.79 Å². The highest BCUT2D eigenvalue weighted by molar-refractivity contribution is 7.09. The van der Waals surface area contributed by atoms with Crippen LogP contribution >= 0.6 is 11.3 Å². The van der Waals surface area contributed by atoms with Crippen LogP contribution in [-0.4, -0.2) is 47.2 Å². The van der Waals surface area contributed by atoms with Gasteiger partial charge in [-0.2, -0.15) is 0 Å². The Morgan fingerprint density at radius 3 is 3.26 bits per heavy atom. The van der Waals surface area contributed by atoms with Crippen molar-refractivity contribution >= 4 is 17.3 Å². The zero-order valence-electron chi connectivity index (χ0n) is 10.9. The maximum absolute atomic E-state index is 10.8. The van der Waals surface area contributed by atoms with Gasteiger partial charge in [0.05, 0.1) is 12.3 Å². The van der Waals surface area contributed by atoms with E-state index in [0.29, 0.717) is 12.3 Å². The zero-order chi connectivity index (χ0) is 13.8. The Hall–Kier alpha value is -1.02. The normalized spacial score (nSPS) is 22.3. The lowest BCUT2D eigenvalue weighted by atomic mass is 10.2. The molecule has 0 spiro atoms. The van der Waals surface area contributed by atoms with Crippen LogP contribution in [0.2, 0.25) is 0 Å². The van der Waals surface area contributed by atoms with E-state index in [1.54, 1.807) is 5.38 Å². The Labute approximate surface area is 116 Å². The van der Waals surface area contributed by atoms with Crippen LogP contribution in [-0.2, 0) is 9.53 Å². The van der Waals surface area contributed by atoms with Gasteiger partial charge in [0.15, 0.2) is 0 Å². The van der Waals surface area contributed by atoms with E-state index < -0.39 is 12.0 Å². The van der Waals surface area contributed by atoms with Crippen LogP contribution < -0.4 is 5.73 Å². The number of hydrogen-bond acceptors (Lipinski definition) is 6. The molecule has 1 aromatic rings. The van der Waals surface area contributed by atoms with Crippen LogP contribution in [0.25, 0.3) is 0 Å². The van der Waals surface area contributed by atoms with Gasteiger partial charge in [-0.05, 0) is 13.0 Å². The number of hydrogen-bond donors (Lipinski definition) is 2. The molecule has 0 amide bonds. The van der Waals surface area contributed by atoms with Crippen molar-refractivity contribution in [1.82, 2.24) is 9.88 Å². The molecule has 0 radical (unpaired) electrons. The zero-order valence-corrected chi connectivity index (χ0v) is 11.7. The molecule has 0 saturated carbocycles. The molecule has 3 N–H and O–H groups in total. The van der Waals surface area contributed by atoms with Gasteiger partial charge in [-0.3, -0.25) is 9.69 Å². The first-order valence-electron chi connectivity index (χ1n) is 6.39. The summed E-state index contributed by atoms with van der Waals surface area (Å²) in [5.74, 6) is -1.06. The summed E-state index contributed by atoms with van der Waals surface area (Å²) >= 11 is 1.42. The second-order valence-corrected chi connectivity index (χ2v) is 5.48. The number of thiazole rings is 1. The van der Waals surface area contributed by atoms with Gasteiger partial charge in [0.1, 0.15) is 17.2 Å². The number of ether oxygens (including phenoxy) is 1. The molecular formula is C12H19N3O3S. The Kier molecular flexibility index (Phi) is 4.87. The maximum Gasteiger partial charge on any atom is 0.326 e. The van der Waals surface area contributed by atoms with Gasteiger partial charge in [-0.25, -0.2) is 4.98 Å². The van der Waals surface area contributed by atoms with Crippen molar-refractivity contribution in [2.75, 3.05) is 26.2 Å². The number of rotatable bonds is 5. The number of carboxylic acids is 1. The standard InChI is InChI=1S/C12H19N3O3S/c1-2-3-15-4-5-18-9(6-15)11-14-8(7-19-11)10(13)12(16)17/h7,9-10H,2-6,13H2,1H3,(H,16,17). The largest absolute Gasteiger partial charge is 0.480 e. The van der Waals surface area contributed by atoms with Crippen LogP contribution in [0.3, 0.4) is 0 Å². The first-order chi connectivity index (χ1) is 9.11. The van der Waals surface area contributed by atoms with Crippen molar-refractivity contribution in [2.45, 2.75) is 25.5 Å². The number of nitrogens with zero attached hydrogens (tertiary/aromatic N) is 2. The van der Waals surface area contributed by atoms with Crippen LogP contribution in [0, 0.1) is 0 Å². The van der Waals surface area contributed by atoms with Gasteiger partial charge in [-0.1, -0.05) is 6.92 Å². The Morgan fingerprint density at radius 2 is 2.58 bits per heavy atom. The smallest absolute Gasteiger partial charge is 0.326 e. The number of carboxylic acid groups (broad SMARTS) is 1. The number of aromatic nitrogens is 1. The molecule has 6 nitrogen and oxygen atoms in total. The first-order valence-corrected chi connectivity index (χ1v) is 7.27. The van der Waals surface area contributed by atoms with Crippen molar-refractivity contribution in [1.29, 1.82) is 0 Å². The lowest BCUT2D eigenvalue weighted by molar-refractivity contribution is -0.138. The highest BCUT2D eigenvalue weighted by Gasteiger charge is 2.26. The van der Waals surface area contributed by atoms with E-state index in [0.717, 1.165) is 31.1 Å². The van der Waals surface area contributed by atoms with Crippen molar-refractivity contribution in [3.05, 3.63) is 16.1 Å². The fourth-order valence-electron chi connectivity index (χ4n) is 2.09. The SMILES string of the molecule is CCCN1CCOC(c2nc(C(N)C(=O)O)cs2)C1. The third-order valence-electron chi connectivity index (χ3n) is 3.09. The number of nitrogens with two attached hydrogens (primary N) is 1. The quantitative estimate of drug-likeness (QED) is 0.839. The van der Waals surface area contributed by atoms with Crippen LogP contribution in [0.5, 0.6) is 0 Å². The minimum absolute atomic E-state index is 0.0694. The molecule has 0 aliphatic carbocycles.